The molecular weight excluding hydrogens is 232 g/mol. The van der Waals surface area contributed by atoms with Gasteiger partial charge in [0.25, 0.3) is 0 Å². The highest BCUT2D eigenvalue weighted by molar-refractivity contribution is 5.91. The van der Waals surface area contributed by atoms with E-state index in [4.69, 9.17) is 5.11 Å². The lowest BCUT2D eigenvalue weighted by Gasteiger charge is -2.09. The molecule has 3 N–H and O–H groups in total. The maximum absolute atomic E-state index is 10.9. The summed E-state index contributed by atoms with van der Waals surface area (Å²) in [5.74, 6) is -0.946. The van der Waals surface area contributed by atoms with Crippen molar-refractivity contribution in [3.63, 3.8) is 0 Å². The van der Waals surface area contributed by atoms with Crippen molar-refractivity contribution in [2.45, 2.75) is 39.5 Å². The van der Waals surface area contributed by atoms with Gasteiger partial charge >= 0.3 is 5.97 Å². The van der Waals surface area contributed by atoms with E-state index >= 15 is 0 Å². The molecule has 0 radical (unpaired) electrons. The number of unbranched alkanes of at least 4 members (excludes halogenated alkanes) is 1. The first kappa shape index (κ1) is 14.4. The summed E-state index contributed by atoms with van der Waals surface area (Å²) in [7, 11) is 0. The van der Waals surface area contributed by atoms with Crippen molar-refractivity contribution in [3.05, 3.63) is 23.3 Å². The molecule has 0 amide bonds. The third-order valence-electron chi connectivity index (χ3n) is 2.88. The predicted molar refractivity (Wildman–Crippen MR) is 69.1 cm³/mol. The molecule has 4 nitrogen and oxygen atoms in total. The van der Waals surface area contributed by atoms with Gasteiger partial charge in [-0.15, -0.1) is 0 Å². The molecule has 100 valence electrons. The number of aromatic carboxylic acids is 1. The van der Waals surface area contributed by atoms with Crippen molar-refractivity contribution in [1.29, 1.82) is 0 Å². The van der Waals surface area contributed by atoms with Gasteiger partial charge in [-0.1, -0.05) is 26.7 Å². The third-order valence-corrected chi connectivity index (χ3v) is 2.88. The van der Waals surface area contributed by atoms with Crippen molar-refractivity contribution < 1.29 is 20.1 Å². The topological polar surface area (TPSA) is 77.8 Å². The molecule has 0 aliphatic heterocycles. The normalized spacial score (nSPS) is 10.8. The van der Waals surface area contributed by atoms with Gasteiger partial charge in [-0.3, -0.25) is 0 Å². The number of phenolic OH excluding ortho intramolecular Hbond substituents is 1. The van der Waals surface area contributed by atoms with Crippen LogP contribution in [-0.2, 0) is 6.42 Å². The average Bonchev–Trinajstić information content (AvgIpc) is 2.27. The zero-order valence-electron chi connectivity index (χ0n) is 10.8. The van der Waals surface area contributed by atoms with Gasteiger partial charge in [-0.25, -0.2) is 4.79 Å². The minimum atomic E-state index is -1.23. The van der Waals surface area contributed by atoms with Crippen molar-refractivity contribution in [2.75, 3.05) is 0 Å². The van der Waals surface area contributed by atoms with Crippen molar-refractivity contribution >= 4 is 5.97 Å². The molecule has 0 aromatic heterocycles. The van der Waals surface area contributed by atoms with Crippen molar-refractivity contribution in [3.8, 4) is 11.5 Å². The van der Waals surface area contributed by atoms with E-state index < -0.39 is 5.97 Å². The predicted octanol–water partition coefficient (Wildman–Crippen LogP) is 3.16. The maximum Gasteiger partial charge on any atom is 0.339 e. The van der Waals surface area contributed by atoms with Crippen molar-refractivity contribution in [1.82, 2.24) is 0 Å². The van der Waals surface area contributed by atoms with Gasteiger partial charge in [0.15, 0.2) is 0 Å². The van der Waals surface area contributed by atoms with Crippen molar-refractivity contribution in [2.24, 2.45) is 5.92 Å². The smallest absolute Gasteiger partial charge is 0.339 e. The molecule has 4 heteroatoms. The van der Waals surface area contributed by atoms with Gasteiger partial charge in [0.1, 0.15) is 17.1 Å². The average molecular weight is 252 g/mol. The molecule has 0 saturated heterocycles. The number of carbonyl (C=O) groups is 1. The fourth-order valence-electron chi connectivity index (χ4n) is 1.90. The van der Waals surface area contributed by atoms with Crippen LogP contribution >= 0.6 is 0 Å². The Morgan fingerprint density at radius 1 is 1.22 bits per heavy atom. The number of rotatable bonds is 6. The number of aromatic hydroxyl groups is 2. The summed E-state index contributed by atoms with van der Waals surface area (Å²) in [5.41, 5.74) is 0.255. The molecule has 0 unspecified atom stereocenters. The van der Waals surface area contributed by atoms with Gasteiger partial charge in [0, 0.05) is 0 Å². The Bertz CT molecular complexity index is 424. The molecule has 1 aromatic rings. The van der Waals surface area contributed by atoms with Crippen LogP contribution < -0.4 is 0 Å². The highest BCUT2D eigenvalue weighted by atomic mass is 16.4. The summed E-state index contributed by atoms with van der Waals surface area (Å²) < 4.78 is 0. The van der Waals surface area contributed by atoms with Crippen LogP contribution in [0.25, 0.3) is 0 Å². The lowest BCUT2D eigenvalue weighted by Crippen LogP contribution is -1.99. The largest absolute Gasteiger partial charge is 0.508 e. The molecule has 0 bridgehead atoms. The van der Waals surface area contributed by atoms with E-state index in [-0.39, 0.29) is 17.1 Å². The van der Waals surface area contributed by atoms with E-state index in [9.17, 15) is 15.0 Å². The second kappa shape index (κ2) is 6.28. The quantitative estimate of drug-likeness (QED) is 0.537. The monoisotopic (exact) mass is 252 g/mol. The van der Waals surface area contributed by atoms with Crippen LogP contribution in [0.5, 0.6) is 11.5 Å². The van der Waals surface area contributed by atoms with Crippen LogP contribution in [0, 0.1) is 5.92 Å². The minimum Gasteiger partial charge on any atom is -0.508 e. The first-order valence-corrected chi connectivity index (χ1v) is 6.20. The number of benzene rings is 1. The molecule has 0 fully saturated rings. The fraction of sp³-hybridized carbons (Fsp3) is 0.500. The Morgan fingerprint density at radius 2 is 1.89 bits per heavy atom. The molecule has 0 aliphatic rings. The molecule has 0 aliphatic carbocycles. The van der Waals surface area contributed by atoms with Gasteiger partial charge in [0.2, 0.25) is 0 Å². The van der Waals surface area contributed by atoms with E-state index in [2.05, 4.69) is 13.8 Å². The SMILES string of the molecule is CC(C)CCCCc1cc(O)cc(C(=O)O)c1O. The maximum atomic E-state index is 10.9. The summed E-state index contributed by atoms with van der Waals surface area (Å²) in [5, 5.41) is 28.1. The highest BCUT2D eigenvalue weighted by Crippen LogP contribution is 2.29. The molecule has 1 aromatic carbocycles. The number of aryl methyl sites for hydroxylation is 1. The third kappa shape index (κ3) is 3.95. The molecule has 18 heavy (non-hydrogen) atoms. The van der Waals surface area contributed by atoms with Crippen LogP contribution in [0.3, 0.4) is 0 Å². The summed E-state index contributed by atoms with van der Waals surface area (Å²) in [6, 6.07) is 2.49. The van der Waals surface area contributed by atoms with E-state index in [0.29, 0.717) is 17.9 Å². The number of carboxylic acids is 1. The molecule has 0 saturated carbocycles. The van der Waals surface area contributed by atoms with Gasteiger partial charge in [-0.05, 0) is 36.5 Å². The van der Waals surface area contributed by atoms with E-state index in [1.54, 1.807) is 0 Å². The molecule has 1 rings (SSSR count). The minimum absolute atomic E-state index is 0.121. The lowest BCUT2D eigenvalue weighted by molar-refractivity contribution is 0.0693. The number of phenols is 2. The summed E-state index contributed by atoms with van der Waals surface area (Å²) in [6.07, 6.45) is 3.57. The van der Waals surface area contributed by atoms with Gasteiger partial charge in [0.05, 0.1) is 0 Å². The zero-order chi connectivity index (χ0) is 13.7. The van der Waals surface area contributed by atoms with Gasteiger partial charge < -0.3 is 15.3 Å². The second-order valence-electron chi connectivity index (χ2n) is 4.95. The Labute approximate surface area is 107 Å². The van der Waals surface area contributed by atoms with Gasteiger partial charge in [-0.2, -0.15) is 0 Å². The zero-order valence-corrected chi connectivity index (χ0v) is 10.8. The second-order valence-corrected chi connectivity index (χ2v) is 4.95. The van der Waals surface area contributed by atoms with E-state index in [1.165, 1.54) is 6.07 Å². The molecule has 0 heterocycles. The standard InChI is InChI=1S/C14H20O4/c1-9(2)5-3-4-6-10-7-11(15)8-12(13(10)16)14(17)18/h7-9,15-16H,3-6H2,1-2H3,(H,17,18). The molecular formula is C14H20O4. The van der Waals surface area contributed by atoms with E-state index in [0.717, 1.165) is 25.3 Å². The number of carboxylic acid groups (broad SMARTS) is 1. The summed E-state index contributed by atoms with van der Waals surface area (Å²) in [4.78, 5) is 10.9. The van der Waals surface area contributed by atoms with Crippen LogP contribution in [0.1, 0.15) is 49.0 Å². The first-order chi connectivity index (χ1) is 8.41. The molecule has 0 spiro atoms. The van der Waals surface area contributed by atoms with E-state index in [1.807, 2.05) is 0 Å². The lowest BCUT2D eigenvalue weighted by atomic mass is 10.00. The Balaban J connectivity index is 2.73. The molecule has 0 atom stereocenters. The Morgan fingerprint density at radius 3 is 2.44 bits per heavy atom. The van der Waals surface area contributed by atoms with Crippen LogP contribution in [0.4, 0.5) is 0 Å². The summed E-state index contributed by atoms with van der Waals surface area (Å²) in [6.45, 7) is 4.29. The van der Waals surface area contributed by atoms with Crippen LogP contribution in [0.2, 0.25) is 0 Å². The Hall–Kier alpha value is -1.71. The van der Waals surface area contributed by atoms with Crippen LogP contribution in [0.15, 0.2) is 12.1 Å². The highest BCUT2D eigenvalue weighted by Gasteiger charge is 2.15. The summed E-state index contributed by atoms with van der Waals surface area (Å²) >= 11 is 0. The number of hydrogen-bond donors (Lipinski definition) is 3. The fourth-order valence-corrected chi connectivity index (χ4v) is 1.90. The Kier molecular flexibility index (Phi) is 5.01. The van der Waals surface area contributed by atoms with Crippen LogP contribution in [-0.4, -0.2) is 21.3 Å². The number of hydrogen-bond acceptors (Lipinski definition) is 3. The first-order valence-electron chi connectivity index (χ1n) is 6.20.